The van der Waals surface area contributed by atoms with Crippen LogP contribution in [-0.4, -0.2) is 9.77 Å². The molecule has 4 heteroatoms. The van der Waals surface area contributed by atoms with Crippen LogP contribution in [0.25, 0.3) is 0 Å². The van der Waals surface area contributed by atoms with Crippen LogP contribution in [0.5, 0.6) is 0 Å². The Kier molecular flexibility index (Phi) is 8.06. The van der Waals surface area contributed by atoms with Crippen molar-refractivity contribution in [2.45, 2.75) is 44.5 Å². The first-order chi connectivity index (χ1) is 6.11. The number of carbonyl (C=O) groups is 1. The Balaban J connectivity index is 3.83. The summed E-state index contributed by atoms with van der Waals surface area (Å²) in [5.41, 5.74) is 0. The quantitative estimate of drug-likeness (QED) is 0.447. The minimum atomic E-state index is -0.149. The summed E-state index contributed by atoms with van der Waals surface area (Å²) in [5.74, 6) is 0.529. The van der Waals surface area contributed by atoms with Crippen molar-refractivity contribution >= 4 is 36.7 Å². The van der Waals surface area contributed by atoms with E-state index in [-0.39, 0.29) is 9.77 Å². The fourth-order valence-corrected chi connectivity index (χ4v) is 2.65. The molecule has 0 fully saturated rings. The monoisotopic (exact) mass is 313 g/mol. The highest BCUT2D eigenvalue weighted by atomic mass is 79.9. The summed E-state index contributed by atoms with van der Waals surface area (Å²) < 4.78 is 0. The Bertz CT molecular complexity index is 153. The first kappa shape index (κ1) is 13.4. The molecule has 2 nitrogen and oxygen atoms in total. The summed E-state index contributed by atoms with van der Waals surface area (Å²) in [5, 5.41) is 2.80. The lowest BCUT2D eigenvalue weighted by Gasteiger charge is -2.20. The highest BCUT2D eigenvalue weighted by molar-refractivity contribution is 9.18. The Morgan fingerprint density at radius 1 is 1.46 bits per heavy atom. The second-order valence-electron chi connectivity index (χ2n) is 3.13. The lowest BCUT2D eigenvalue weighted by Crippen LogP contribution is -2.32. The fourth-order valence-electron chi connectivity index (χ4n) is 1.25. The predicted molar refractivity (Wildman–Crippen MR) is 63.5 cm³/mol. The highest BCUT2D eigenvalue weighted by Gasteiger charge is 2.17. The lowest BCUT2D eigenvalue weighted by atomic mass is 9.99. The Hall–Kier alpha value is 0.430. The van der Waals surface area contributed by atoms with Gasteiger partial charge in [0.25, 0.3) is 4.82 Å². The number of unbranched alkanes of at least 4 members (excludes halogenated alkanes) is 1. The third-order valence-corrected chi connectivity index (χ3v) is 3.32. The van der Waals surface area contributed by atoms with Gasteiger partial charge in [-0.15, -0.1) is 0 Å². The summed E-state index contributed by atoms with van der Waals surface area (Å²) >= 11 is 6.33. The van der Waals surface area contributed by atoms with Gasteiger partial charge < -0.3 is 5.32 Å². The zero-order valence-corrected chi connectivity index (χ0v) is 11.3. The molecule has 0 saturated heterocycles. The van der Waals surface area contributed by atoms with E-state index in [9.17, 15) is 4.79 Å². The predicted octanol–water partition coefficient (Wildman–Crippen LogP) is 4.03. The minimum Gasteiger partial charge on any atom is -0.334 e. The molecule has 0 radical (unpaired) electrons. The molecule has 1 N–H and O–H groups in total. The standard InChI is InChI=1S/C9H17Br2NO/c1-3-5-6-7(4-2)8(10)12-9(11)13/h7-8H,3-6H2,1-2H3,(H,12,13). The van der Waals surface area contributed by atoms with Crippen LogP contribution in [-0.2, 0) is 0 Å². The van der Waals surface area contributed by atoms with Crippen LogP contribution in [0, 0.1) is 5.92 Å². The summed E-state index contributed by atoms with van der Waals surface area (Å²) in [4.78, 5) is 10.7. The maximum Gasteiger partial charge on any atom is 0.288 e. The molecule has 0 aliphatic carbocycles. The molecule has 0 aromatic rings. The van der Waals surface area contributed by atoms with E-state index in [0.717, 1.165) is 12.8 Å². The smallest absolute Gasteiger partial charge is 0.288 e. The average molecular weight is 315 g/mol. The number of carbonyl (C=O) groups excluding carboxylic acids is 1. The number of hydrogen-bond acceptors (Lipinski definition) is 1. The van der Waals surface area contributed by atoms with Crippen LogP contribution < -0.4 is 5.32 Å². The molecule has 0 saturated carbocycles. The van der Waals surface area contributed by atoms with Crippen molar-refractivity contribution < 1.29 is 4.79 Å². The van der Waals surface area contributed by atoms with E-state index in [1.54, 1.807) is 0 Å². The molecule has 0 aliphatic heterocycles. The molecule has 2 atom stereocenters. The maximum absolute atomic E-state index is 10.7. The number of nitrogens with one attached hydrogen (secondary N) is 1. The number of amides is 1. The topological polar surface area (TPSA) is 29.1 Å². The summed E-state index contributed by atoms with van der Waals surface area (Å²) in [6, 6.07) is 0. The van der Waals surface area contributed by atoms with Crippen molar-refractivity contribution in [3.05, 3.63) is 0 Å². The maximum atomic E-state index is 10.7. The third kappa shape index (κ3) is 6.49. The normalized spacial score (nSPS) is 15.1. The Morgan fingerprint density at radius 3 is 2.46 bits per heavy atom. The van der Waals surface area contributed by atoms with Crippen molar-refractivity contribution in [2.75, 3.05) is 0 Å². The zero-order valence-electron chi connectivity index (χ0n) is 8.15. The lowest BCUT2D eigenvalue weighted by molar-refractivity contribution is 0.257. The molecule has 0 bridgehead atoms. The summed E-state index contributed by atoms with van der Waals surface area (Å²) in [6.07, 6.45) is 4.68. The molecule has 1 amide bonds. The first-order valence-electron chi connectivity index (χ1n) is 4.71. The van der Waals surface area contributed by atoms with Gasteiger partial charge >= 0.3 is 0 Å². The van der Waals surface area contributed by atoms with Crippen molar-refractivity contribution in [1.29, 1.82) is 0 Å². The molecule has 2 unspecified atom stereocenters. The molecule has 13 heavy (non-hydrogen) atoms. The van der Waals surface area contributed by atoms with Gasteiger partial charge in [0.15, 0.2) is 0 Å². The van der Waals surface area contributed by atoms with E-state index < -0.39 is 0 Å². The molecule has 0 aliphatic rings. The van der Waals surface area contributed by atoms with Crippen molar-refractivity contribution in [3.8, 4) is 0 Å². The molecule has 0 aromatic heterocycles. The van der Waals surface area contributed by atoms with Crippen LogP contribution in [0.15, 0.2) is 0 Å². The second kappa shape index (κ2) is 7.80. The van der Waals surface area contributed by atoms with Gasteiger partial charge in [0.1, 0.15) is 0 Å². The van der Waals surface area contributed by atoms with Gasteiger partial charge in [0, 0.05) is 15.9 Å². The van der Waals surface area contributed by atoms with Crippen molar-refractivity contribution in [3.63, 3.8) is 0 Å². The van der Waals surface area contributed by atoms with Gasteiger partial charge in [-0.05, 0) is 12.3 Å². The van der Waals surface area contributed by atoms with E-state index in [0.29, 0.717) is 5.92 Å². The molecule has 0 rings (SSSR count). The van der Waals surface area contributed by atoms with Gasteiger partial charge in [-0.25, -0.2) is 0 Å². The van der Waals surface area contributed by atoms with Crippen LogP contribution in [0.2, 0.25) is 0 Å². The zero-order chi connectivity index (χ0) is 10.3. The second-order valence-corrected chi connectivity index (χ2v) is 4.84. The molecule has 78 valence electrons. The number of halogens is 2. The highest BCUT2D eigenvalue weighted by Crippen LogP contribution is 2.21. The van der Waals surface area contributed by atoms with E-state index in [4.69, 9.17) is 0 Å². The number of alkyl halides is 1. The van der Waals surface area contributed by atoms with Crippen LogP contribution >= 0.6 is 31.9 Å². The fraction of sp³-hybridized carbons (Fsp3) is 0.889. The van der Waals surface area contributed by atoms with Gasteiger partial charge in [-0.3, -0.25) is 4.79 Å². The van der Waals surface area contributed by atoms with E-state index in [2.05, 4.69) is 51.0 Å². The molecular formula is C9H17Br2NO. The minimum absolute atomic E-state index is 0.0934. The van der Waals surface area contributed by atoms with Gasteiger partial charge in [0.05, 0.1) is 4.95 Å². The Labute approximate surface area is 97.1 Å². The summed E-state index contributed by atoms with van der Waals surface area (Å²) in [7, 11) is 0. The van der Waals surface area contributed by atoms with Gasteiger partial charge in [-0.2, -0.15) is 0 Å². The van der Waals surface area contributed by atoms with Gasteiger partial charge in [0.2, 0.25) is 0 Å². The number of rotatable bonds is 6. The van der Waals surface area contributed by atoms with Crippen LogP contribution in [0.3, 0.4) is 0 Å². The van der Waals surface area contributed by atoms with Crippen LogP contribution in [0.1, 0.15) is 39.5 Å². The van der Waals surface area contributed by atoms with Gasteiger partial charge in [-0.1, -0.05) is 49.0 Å². The van der Waals surface area contributed by atoms with E-state index >= 15 is 0 Å². The molecule has 0 heterocycles. The Morgan fingerprint density at radius 2 is 2.08 bits per heavy atom. The van der Waals surface area contributed by atoms with E-state index in [1.807, 2.05) is 0 Å². The van der Waals surface area contributed by atoms with Crippen LogP contribution in [0.4, 0.5) is 4.79 Å². The third-order valence-electron chi connectivity index (χ3n) is 2.12. The molecule has 0 aromatic carbocycles. The SMILES string of the molecule is CCCCC(CC)C(Br)NC(=O)Br. The van der Waals surface area contributed by atoms with Crippen molar-refractivity contribution in [2.24, 2.45) is 5.92 Å². The van der Waals surface area contributed by atoms with E-state index in [1.165, 1.54) is 12.8 Å². The number of hydrogen-bond donors (Lipinski definition) is 1. The average Bonchev–Trinajstić information content (AvgIpc) is 2.04. The molecular weight excluding hydrogens is 298 g/mol. The van der Waals surface area contributed by atoms with Crippen molar-refractivity contribution in [1.82, 2.24) is 5.32 Å². The largest absolute Gasteiger partial charge is 0.334 e. The first-order valence-corrected chi connectivity index (χ1v) is 6.42. The molecule has 0 spiro atoms. The summed E-state index contributed by atoms with van der Waals surface area (Å²) in [6.45, 7) is 4.33.